The molecule has 0 unspecified atom stereocenters. The van der Waals surface area contributed by atoms with Crippen LogP contribution in [0.15, 0.2) is 17.0 Å². The van der Waals surface area contributed by atoms with Gasteiger partial charge in [0.15, 0.2) is 9.84 Å². The second-order valence-corrected chi connectivity index (χ2v) is 6.03. The lowest BCUT2D eigenvalue weighted by Crippen LogP contribution is -2.14. The van der Waals surface area contributed by atoms with E-state index in [2.05, 4.69) is 0 Å². The number of ether oxygens (including phenoxy) is 1. The van der Waals surface area contributed by atoms with E-state index >= 15 is 0 Å². The molecule has 7 heteroatoms. The number of sulfone groups is 1. The Morgan fingerprint density at radius 3 is 2.58 bits per heavy atom. The van der Waals surface area contributed by atoms with Gasteiger partial charge in [0.2, 0.25) is 0 Å². The van der Waals surface area contributed by atoms with Crippen LogP contribution in [0.3, 0.4) is 0 Å². The van der Waals surface area contributed by atoms with E-state index in [9.17, 15) is 17.6 Å². The van der Waals surface area contributed by atoms with Crippen LogP contribution in [0.5, 0.6) is 0 Å². The first-order chi connectivity index (χ1) is 8.79. The molecule has 0 bridgehead atoms. The van der Waals surface area contributed by atoms with Gasteiger partial charge in [0.05, 0.1) is 22.8 Å². The van der Waals surface area contributed by atoms with Crippen LogP contribution in [0.1, 0.15) is 22.8 Å². The Kier molecular flexibility index (Phi) is 5.02. The molecule has 106 valence electrons. The Morgan fingerprint density at radius 1 is 1.42 bits per heavy atom. The maximum Gasteiger partial charge on any atom is 0.338 e. The molecule has 0 saturated carbocycles. The van der Waals surface area contributed by atoms with E-state index < -0.39 is 27.2 Å². The van der Waals surface area contributed by atoms with Crippen LogP contribution in [0.4, 0.5) is 4.39 Å². The second-order valence-electron chi connectivity index (χ2n) is 3.92. The van der Waals surface area contributed by atoms with Crippen LogP contribution in [-0.2, 0) is 14.6 Å². The molecule has 5 nitrogen and oxygen atoms in total. The third kappa shape index (κ3) is 3.74. The fraction of sp³-hybridized carbons (Fsp3) is 0.417. The summed E-state index contributed by atoms with van der Waals surface area (Å²) in [5.74, 6) is -2.69. The fourth-order valence-electron chi connectivity index (χ4n) is 1.50. The fourth-order valence-corrected chi connectivity index (χ4v) is 2.73. The molecule has 1 aromatic carbocycles. The van der Waals surface area contributed by atoms with Crippen molar-refractivity contribution in [2.75, 3.05) is 19.0 Å². The smallest absolute Gasteiger partial charge is 0.338 e. The molecule has 0 aromatic heterocycles. The minimum atomic E-state index is -3.68. The molecule has 1 rings (SSSR count). The lowest BCUT2D eigenvalue weighted by atomic mass is 10.1. The Morgan fingerprint density at radius 2 is 2.05 bits per heavy atom. The average Bonchev–Trinajstić information content (AvgIpc) is 2.32. The van der Waals surface area contributed by atoms with Crippen LogP contribution >= 0.6 is 0 Å². The van der Waals surface area contributed by atoms with Gasteiger partial charge < -0.3 is 9.84 Å². The first kappa shape index (κ1) is 15.6. The molecule has 0 atom stereocenters. The molecule has 0 radical (unpaired) electrons. The highest BCUT2D eigenvalue weighted by atomic mass is 32.2. The normalized spacial score (nSPS) is 11.5. The third-order valence-electron chi connectivity index (χ3n) is 2.52. The minimum Gasteiger partial charge on any atom is -0.478 e. The highest BCUT2D eigenvalue weighted by Crippen LogP contribution is 2.20. The Hall–Kier alpha value is -1.47. The molecule has 1 N–H and O–H groups in total. The predicted molar refractivity (Wildman–Crippen MR) is 66.6 cm³/mol. The van der Waals surface area contributed by atoms with Gasteiger partial charge in [-0.25, -0.2) is 17.6 Å². The van der Waals surface area contributed by atoms with Gasteiger partial charge in [-0.1, -0.05) is 0 Å². The lowest BCUT2D eigenvalue weighted by molar-refractivity contribution is 0.0691. The van der Waals surface area contributed by atoms with Gasteiger partial charge in [-0.3, -0.25) is 0 Å². The summed E-state index contributed by atoms with van der Waals surface area (Å²) in [5, 5.41) is 8.83. The topological polar surface area (TPSA) is 80.7 Å². The summed E-state index contributed by atoms with van der Waals surface area (Å²) in [6, 6.07) is 1.97. The van der Waals surface area contributed by atoms with Crippen molar-refractivity contribution >= 4 is 15.8 Å². The average molecular weight is 290 g/mol. The molecule has 0 fully saturated rings. The van der Waals surface area contributed by atoms with Gasteiger partial charge in [0.25, 0.3) is 0 Å². The number of rotatable bonds is 6. The summed E-state index contributed by atoms with van der Waals surface area (Å²) in [6.07, 6.45) is 0. The van der Waals surface area contributed by atoms with Crippen molar-refractivity contribution in [3.05, 3.63) is 29.1 Å². The number of aromatic carboxylic acids is 1. The Labute approximate surface area is 110 Å². The van der Waals surface area contributed by atoms with Crippen molar-refractivity contribution in [2.45, 2.75) is 18.7 Å². The van der Waals surface area contributed by atoms with Gasteiger partial charge in [-0.15, -0.1) is 0 Å². The number of hydrogen-bond donors (Lipinski definition) is 1. The third-order valence-corrected chi connectivity index (χ3v) is 4.18. The standard InChI is InChI=1S/C12H15FO5S/c1-3-18-4-5-19(16,17)9-6-8(2)11(13)10(7-9)12(14)15/h6-7H,3-5H2,1-2H3,(H,14,15). The second kappa shape index (κ2) is 6.12. The zero-order valence-corrected chi connectivity index (χ0v) is 11.5. The number of halogens is 1. The van der Waals surface area contributed by atoms with E-state index in [0.29, 0.717) is 6.61 Å². The van der Waals surface area contributed by atoms with Gasteiger partial charge in [0.1, 0.15) is 5.82 Å². The lowest BCUT2D eigenvalue weighted by Gasteiger charge is -2.08. The Bertz CT molecular complexity index is 580. The quantitative estimate of drug-likeness (QED) is 0.636. The molecule has 0 aliphatic carbocycles. The maximum atomic E-state index is 13.5. The van der Waals surface area contributed by atoms with Gasteiger partial charge in [-0.2, -0.15) is 0 Å². The SMILES string of the molecule is CCOCCS(=O)(=O)c1cc(C)c(F)c(C(=O)O)c1. The van der Waals surface area contributed by atoms with Crippen molar-refractivity contribution in [3.63, 3.8) is 0 Å². The molecule has 0 spiro atoms. The summed E-state index contributed by atoms with van der Waals surface area (Å²) in [6.45, 7) is 3.45. The summed E-state index contributed by atoms with van der Waals surface area (Å²) in [4.78, 5) is 10.6. The molecular weight excluding hydrogens is 275 g/mol. The zero-order chi connectivity index (χ0) is 14.6. The van der Waals surface area contributed by atoms with Crippen molar-refractivity contribution in [2.24, 2.45) is 0 Å². The predicted octanol–water partition coefficient (Wildman–Crippen LogP) is 1.64. The molecular formula is C12H15FO5S. The number of aryl methyl sites for hydroxylation is 1. The van der Waals surface area contributed by atoms with E-state index in [1.807, 2.05) is 0 Å². The highest BCUT2D eigenvalue weighted by Gasteiger charge is 2.21. The Balaban J connectivity index is 3.17. The number of carboxylic acids is 1. The van der Waals surface area contributed by atoms with Crippen molar-refractivity contribution in [1.82, 2.24) is 0 Å². The van der Waals surface area contributed by atoms with Crippen molar-refractivity contribution in [1.29, 1.82) is 0 Å². The summed E-state index contributed by atoms with van der Waals surface area (Å²) >= 11 is 0. The summed E-state index contributed by atoms with van der Waals surface area (Å²) in [7, 11) is -3.68. The first-order valence-corrected chi connectivity index (χ1v) is 7.28. The van der Waals surface area contributed by atoms with E-state index in [0.717, 1.165) is 12.1 Å². The van der Waals surface area contributed by atoms with Gasteiger partial charge in [-0.05, 0) is 31.5 Å². The zero-order valence-electron chi connectivity index (χ0n) is 10.6. The maximum absolute atomic E-state index is 13.5. The molecule has 0 amide bonds. The van der Waals surface area contributed by atoms with Crippen LogP contribution in [-0.4, -0.2) is 38.5 Å². The summed E-state index contributed by atoms with van der Waals surface area (Å²) < 4.78 is 42.4. The van der Waals surface area contributed by atoms with Gasteiger partial charge >= 0.3 is 5.97 Å². The minimum absolute atomic E-state index is 0.0116. The van der Waals surface area contributed by atoms with Crippen LogP contribution in [0, 0.1) is 12.7 Å². The number of hydrogen-bond acceptors (Lipinski definition) is 4. The highest BCUT2D eigenvalue weighted by molar-refractivity contribution is 7.91. The molecule has 0 aliphatic rings. The monoisotopic (exact) mass is 290 g/mol. The number of benzene rings is 1. The van der Waals surface area contributed by atoms with Crippen molar-refractivity contribution < 1.29 is 27.4 Å². The summed E-state index contributed by atoms with van der Waals surface area (Å²) in [5.41, 5.74) is -0.662. The number of carbonyl (C=O) groups is 1. The van der Waals surface area contributed by atoms with Crippen LogP contribution in [0.2, 0.25) is 0 Å². The van der Waals surface area contributed by atoms with Gasteiger partial charge in [0, 0.05) is 6.61 Å². The van der Waals surface area contributed by atoms with Crippen LogP contribution in [0.25, 0.3) is 0 Å². The molecule has 1 aromatic rings. The molecule has 0 saturated heterocycles. The number of carboxylic acid groups (broad SMARTS) is 1. The molecule has 19 heavy (non-hydrogen) atoms. The first-order valence-electron chi connectivity index (χ1n) is 5.63. The van der Waals surface area contributed by atoms with Crippen molar-refractivity contribution in [3.8, 4) is 0 Å². The largest absolute Gasteiger partial charge is 0.478 e. The van der Waals surface area contributed by atoms with E-state index in [-0.39, 0.29) is 22.8 Å². The van der Waals surface area contributed by atoms with E-state index in [4.69, 9.17) is 9.84 Å². The van der Waals surface area contributed by atoms with E-state index in [1.165, 1.54) is 6.92 Å². The molecule has 0 aliphatic heterocycles. The molecule has 0 heterocycles. The van der Waals surface area contributed by atoms with E-state index in [1.54, 1.807) is 6.92 Å². The van der Waals surface area contributed by atoms with Crippen LogP contribution < -0.4 is 0 Å².